The summed E-state index contributed by atoms with van der Waals surface area (Å²) < 4.78 is 62.8. The Morgan fingerprint density at radius 1 is 1.08 bits per heavy atom. The molecule has 0 fully saturated rings. The second-order valence-electron chi connectivity index (χ2n) is 8.65. The Kier molecular flexibility index (Phi) is 6.68. The monoisotopic (exact) mass is 537 g/mol. The molecule has 3 aromatic carbocycles. The Balaban J connectivity index is 1.76. The molecule has 0 saturated carbocycles. The molecule has 2 atom stereocenters. The van der Waals surface area contributed by atoms with E-state index in [9.17, 15) is 32.3 Å². The van der Waals surface area contributed by atoms with Crippen LogP contribution in [0.4, 0.5) is 23.2 Å². The van der Waals surface area contributed by atoms with E-state index in [1.54, 1.807) is 0 Å². The van der Waals surface area contributed by atoms with E-state index >= 15 is 0 Å². The molecular weight excluding hydrogens is 518 g/mol. The molecule has 11 heteroatoms. The van der Waals surface area contributed by atoms with Crippen LogP contribution >= 0.6 is 11.6 Å². The number of hydrogen-bond acceptors (Lipinski definition) is 4. The number of hydrogen-bond donors (Lipinski definition) is 2. The predicted octanol–water partition coefficient (Wildman–Crippen LogP) is 5.75. The van der Waals surface area contributed by atoms with Crippen molar-refractivity contribution < 1.29 is 42.1 Å². The molecule has 0 saturated heterocycles. The van der Waals surface area contributed by atoms with Crippen LogP contribution in [0.1, 0.15) is 34.3 Å². The molecule has 2 N–H and O–H groups in total. The lowest BCUT2D eigenvalue weighted by Gasteiger charge is -2.38. The third-order valence-corrected chi connectivity index (χ3v) is 6.87. The number of carboxylic acid groups (broad SMARTS) is 1. The third kappa shape index (κ3) is 4.51. The SMILES string of the molecule is C[C@@H](c1ccc(-c2ccc(C(=O)O)c(F)c2)cc1Cl)[C@](O)(c1ccc2c(c1)N(C)C(=O)CO2)C(F)(F)F. The fourth-order valence-electron chi connectivity index (χ4n) is 4.32. The second-order valence-corrected chi connectivity index (χ2v) is 9.05. The number of benzene rings is 3. The molecule has 1 aliphatic rings. The molecule has 0 spiro atoms. The van der Waals surface area contributed by atoms with Crippen molar-refractivity contribution in [2.24, 2.45) is 0 Å². The van der Waals surface area contributed by atoms with E-state index in [2.05, 4.69) is 0 Å². The van der Waals surface area contributed by atoms with Gasteiger partial charge in [-0.1, -0.05) is 42.8 Å². The van der Waals surface area contributed by atoms with Gasteiger partial charge in [0.15, 0.2) is 12.2 Å². The smallest absolute Gasteiger partial charge is 0.422 e. The van der Waals surface area contributed by atoms with Gasteiger partial charge in [0.1, 0.15) is 11.6 Å². The Labute approximate surface area is 213 Å². The summed E-state index contributed by atoms with van der Waals surface area (Å²) in [6.45, 7) is 0.911. The number of carboxylic acids is 1. The first-order valence-corrected chi connectivity index (χ1v) is 11.3. The summed E-state index contributed by atoms with van der Waals surface area (Å²) >= 11 is 6.36. The van der Waals surface area contributed by atoms with E-state index in [-0.39, 0.29) is 34.2 Å². The van der Waals surface area contributed by atoms with E-state index in [0.29, 0.717) is 5.56 Å². The van der Waals surface area contributed by atoms with Crippen molar-refractivity contribution in [1.82, 2.24) is 0 Å². The third-order valence-electron chi connectivity index (χ3n) is 6.54. The van der Waals surface area contributed by atoms with E-state index in [1.165, 1.54) is 44.3 Å². The maximum Gasteiger partial charge on any atom is 0.422 e. The summed E-state index contributed by atoms with van der Waals surface area (Å²) in [7, 11) is 1.39. The van der Waals surface area contributed by atoms with Crippen molar-refractivity contribution in [2.75, 3.05) is 18.6 Å². The number of rotatable bonds is 5. The van der Waals surface area contributed by atoms with Crippen LogP contribution in [-0.4, -0.2) is 41.9 Å². The highest BCUT2D eigenvalue weighted by molar-refractivity contribution is 6.31. The van der Waals surface area contributed by atoms with E-state index < -0.39 is 46.5 Å². The number of alkyl halides is 3. The van der Waals surface area contributed by atoms with Gasteiger partial charge in [0, 0.05) is 18.0 Å². The van der Waals surface area contributed by atoms with E-state index in [1.807, 2.05) is 0 Å². The maximum absolute atomic E-state index is 14.5. The van der Waals surface area contributed by atoms with Crippen molar-refractivity contribution >= 4 is 29.2 Å². The molecule has 0 bridgehead atoms. The molecule has 1 aliphatic heterocycles. The molecule has 4 rings (SSSR count). The van der Waals surface area contributed by atoms with Crippen LogP contribution in [0.2, 0.25) is 5.02 Å². The molecule has 1 heterocycles. The minimum Gasteiger partial charge on any atom is -0.482 e. The Hall–Kier alpha value is -3.63. The van der Waals surface area contributed by atoms with Gasteiger partial charge in [-0.25, -0.2) is 9.18 Å². The maximum atomic E-state index is 14.5. The molecule has 0 aliphatic carbocycles. The zero-order valence-corrected chi connectivity index (χ0v) is 20.2. The highest BCUT2D eigenvalue weighted by Gasteiger charge is 2.59. The van der Waals surface area contributed by atoms with Crippen molar-refractivity contribution in [3.8, 4) is 16.9 Å². The van der Waals surface area contributed by atoms with Crippen LogP contribution in [-0.2, 0) is 10.4 Å². The zero-order valence-electron chi connectivity index (χ0n) is 19.4. The number of nitrogens with zero attached hydrogens (tertiary/aromatic N) is 1. The van der Waals surface area contributed by atoms with Gasteiger partial charge in [0.2, 0.25) is 0 Å². The number of aliphatic hydroxyl groups is 1. The first-order chi connectivity index (χ1) is 17.3. The summed E-state index contributed by atoms with van der Waals surface area (Å²) in [5, 5.41) is 20.1. The Morgan fingerprint density at radius 2 is 1.73 bits per heavy atom. The number of likely N-dealkylation sites (N-methyl/N-ethyl adjacent to an activating group) is 1. The Bertz CT molecular complexity index is 1410. The lowest BCUT2D eigenvalue weighted by Crippen LogP contribution is -2.47. The van der Waals surface area contributed by atoms with Gasteiger partial charge >= 0.3 is 12.1 Å². The molecule has 37 heavy (non-hydrogen) atoms. The van der Waals surface area contributed by atoms with Gasteiger partial charge in [-0.05, 0) is 52.6 Å². The standard InChI is InChI=1S/C26H20ClF4NO5/c1-13(17-6-3-14(9-19(17)27)15-4-7-18(24(34)35)20(28)10-15)25(36,26(29,30)31)16-5-8-22-21(11-16)32(2)23(33)12-37-22/h3-11,13,36H,12H2,1-2H3,(H,34,35)/t13-,25-/m0/s1. The number of fused-ring (bicyclic) bond motifs is 1. The number of anilines is 1. The molecule has 0 unspecified atom stereocenters. The Morgan fingerprint density at radius 3 is 2.32 bits per heavy atom. The molecular formula is C26H20ClF4NO5. The fraction of sp³-hybridized carbons (Fsp3) is 0.231. The highest BCUT2D eigenvalue weighted by atomic mass is 35.5. The number of amides is 1. The van der Waals surface area contributed by atoms with Gasteiger partial charge < -0.3 is 19.8 Å². The molecule has 0 aromatic heterocycles. The number of carbonyl (C=O) groups is 2. The van der Waals surface area contributed by atoms with Crippen LogP contribution in [0.3, 0.4) is 0 Å². The number of aromatic carboxylic acids is 1. The average molecular weight is 538 g/mol. The van der Waals surface area contributed by atoms with Crippen LogP contribution in [0.25, 0.3) is 11.1 Å². The van der Waals surface area contributed by atoms with Gasteiger partial charge in [-0.15, -0.1) is 0 Å². The number of halogens is 5. The highest BCUT2D eigenvalue weighted by Crippen LogP contribution is 2.51. The van der Waals surface area contributed by atoms with Crippen molar-refractivity contribution in [1.29, 1.82) is 0 Å². The fourth-order valence-corrected chi connectivity index (χ4v) is 4.66. The van der Waals surface area contributed by atoms with Gasteiger partial charge in [-0.2, -0.15) is 13.2 Å². The van der Waals surface area contributed by atoms with Gasteiger partial charge in [-0.3, -0.25) is 4.79 Å². The van der Waals surface area contributed by atoms with Crippen LogP contribution < -0.4 is 9.64 Å². The molecule has 1 amide bonds. The summed E-state index contributed by atoms with van der Waals surface area (Å²) in [5.41, 5.74) is -3.80. The van der Waals surface area contributed by atoms with Crippen molar-refractivity contribution in [3.63, 3.8) is 0 Å². The van der Waals surface area contributed by atoms with Crippen molar-refractivity contribution in [3.05, 3.63) is 82.1 Å². The average Bonchev–Trinajstić information content (AvgIpc) is 2.84. The summed E-state index contributed by atoms with van der Waals surface area (Å²) in [5.74, 6) is -4.29. The van der Waals surface area contributed by atoms with E-state index in [0.717, 1.165) is 29.2 Å². The summed E-state index contributed by atoms with van der Waals surface area (Å²) in [6.07, 6.45) is -5.14. The first kappa shape index (κ1) is 26.4. The topological polar surface area (TPSA) is 87.1 Å². The quantitative estimate of drug-likeness (QED) is 0.405. The number of carbonyl (C=O) groups excluding carboxylic acids is 1. The predicted molar refractivity (Wildman–Crippen MR) is 128 cm³/mol. The first-order valence-electron chi connectivity index (χ1n) is 10.9. The minimum atomic E-state index is -5.14. The van der Waals surface area contributed by atoms with Crippen LogP contribution in [0.15, 0.2) is 54.6 Å². The van der Waals surface area contributed by atoms with Crippen LogP contribution in [0, 0.1) is 5.82 Å². The molecule has 3 aromatic rings. The largest absolute Gasteiger partial charge is 0.482 e. The number of ether oxygens (including phenoxy) is 1. The zero-order chi connectivity index (χ0) is 27.3. The van der Waals surface area contributed by atoms with Gasteiger partial charge in [0.25, 0.3) is 5.91 Å². The molecule has 194 valence electrons. The minimum absolute atomic E-state index is 0.0359. The normalized spacial score (nSPS) is 16.0. The van der Waals surface area contributed by atoms with Crippen molar-refractivity contribution in [2.45, 2.75) is 24.6 Å². The van der Waals surface area contributed by atoms with E-state index in [4.69, 9.17) is 21.4 Å². The molecule has 0 radical (unpaired) electrons. The second kappa shape index (κ2) is 9.35. The lowest BCUT2D eigenvalue weighted by molar-refractivity contribution is -0.274. The molecule has 6 nitrogen and oxygen atoms in total. The summed E-state index contributed by atoms with van der Waals surface area (Å²) in [4.78, 5) is 24.2. The van der Waals surface area contributed by atoms with Crippen LogP contribution in [0.5, 0.6) is 5.75 Å². The lowest BCUT2D eigenvalue weighted by atomic mass is 9.77. The van der Waals surface area contributed by atoms with Gasteiger partial charge in [0.05, 0.1) is 11.3 Å². The summed E-state index contributed by atoms with van der Waals surface area (Å²) in [6, 6.07) is 10.8.